The van der Waals surface area contributed by atoms with Crippen molar-refractivity contribution < 1.29 is 4.79 Å². The SMILES string of the molecule is CC(C)Nc1cnc(C(=O)Nc2ccccc2)cn1. The molecule has 0 saturated carbocycles. The number of nitrogens with one attached hydrogen (secondary N) is 2. The van der Waals surface area contributed by atoms with Crippen molar-refractivity contribution in [2.24, 2.45) is 0 Å². The van der Waals surface area contributed by atoms with Gasteiger partial charge in [0.15, 0.2) is 0 Å². The minimum atomic E-state index is -0.269. The van der Waals surface area contributed by atoms with Gasteiger partial charge in [-0.05, 0) is 26.0 Å². The molecule has 2 aromatic rings. The fourth-order valence-electron chi connectivity index (χ4n) is 1.53. The Hall–Kier alpha value is -2.43. The van der Waals surface area contributed by atoms with Crippen molar-refractivity contribution in [3.05, 3.63) is 48.4 Å². The first kappa shape index (κ1) is 13.0. The number of amides is 1. The zero-order valence-corrected chi connectivity index (χ0v) is 10.9. The lowest BCUT2D eigenvalue weighted by molar-refractivity contribution is 0.102. The molecule has 0 unspecified atom stereocenters. The Morgan fingerprint density at radius 3 is 2.42 bits per heavy atom. The minimum absolute atomic E-state index is 0.269. The molecule has 5 heteroatoms. The summed E-state index contributed by atoms with van der Waals surface area (Å²) >= 11 is 0. The van der Waals surface area contributed by atoms with Crippen LogP contribution in [0.3, 0.4) is 0 Å². The van der Waals surface area contributed by atoms with Crippen LogP contribution in [0.1, 0.15) is 24.3 Å². The van der Waals surface area contributed by atoms with Gasteiger partial charge in [0.05, 0.1) is 12.4 Å². The molecule has 1 amide bonds. The summed E-state index contributed by atoms with van der Waals surface area (Å²) in [5.41, 5.74) is 1.02. The van der Waals surface area contributed by atoms with Crippen LogP contribution in [0.15, 0.2) is 42.7 Å². The molecule has 0 aliphatic rings. The number of aromatic nitrogens is 2. The quantitative estimate of drug-likeness (QED) is 0.882. The van der Waals surface area contributed by atoms with Gasteiger partial charge in [-0.3, -0.25) is 4.79 Å². The van der Waals surface area contributed by atoms with Crippen molar-refractivity contribution in [2.45, 2.75) is 19.9 Å². The number of hydrogen-bond donors (Lipinski definition) is 2. The largest absolute Gasteiger partial charge is 0.367 e. The monoisotopic (exact) mass is 256 g/mol. The van der Waals surface area contributed by atoms with Gasteiger partial charge in [0.1, 0.15) is 11.5 Å². The summed E-state index contributed by atoms with van der Waals surface area (Å²) < 4.78 is 0. The van der Waals surface area contributed by atoms with E-state index in [0.717, 1.165) is 5.69 Å². The second kappa shape index (κ2) is 5.95. The topological polar surface area (TPSA) is 66.9 Å². The highest BCUT2D eigenvalue weighted by Gasteiger charge is 2.08. The van der Waals surface area contributed by atoms with Crippen molar-refractivity contribution in [1.29, 1.82) is 0 Å². The molecule has 19 heavy (non-hydrogen) atoms. The number of carbonyl (C=O) groups excluding carboxylic acids is 1. The first-order chi connectivity index (χ1) is 9.15. The highest BCUT2D eigenvalue weighted by Crippen LogP contribution is 2.08. The molecule has 0 radical (unpaired) electrons. The Morgan fingerprint density at radius 1 is 1.11 bits per heavy atom. The van der Waals surface area contributed by atoms with Gasteiger partial charge in [0.2, 0.25) is 0 Å². The first-order valence-corrected chi connectivity index (χ1v) is 6.10. The summed E-state index contributed by atoms with van der Waals surface area (Å²) in [6.07, 6.45) is 3.02. The molecule has 2 rings (SSSR count). The highest BCUT2D eigenvalue weighted by atomic mass is 16.1. The van der Waals surface area contributed by atoms with Crippen molar-refractivity contribution in [3.63, 3.8) is 0 Å². The van der Waals surface area contributed by atoms with Gasteiger partial charge in [-0.2, -0.15) is 0 Å². The van der Waals surface area contributed by atoms with E-state index in [4.69, 9.17) is 0 Å². The predicted molar refractivity (Wildman–Crippen MR) is 75.2 cm³/mol. The van der Waals surface area contributed by atoms with Crippen LogP contribution in [0.4, 0.5) is 11.5 Å². The van der Waals surface area contributed by atoms with Crippen LogP contribution in [0.5, 0.6) is 0 Å². The molecule has 0 atom stereocenters. The Kier molecular flexibility index (Phi) is 4.07. The standard InChI is InChI=1S/C14H16N4O/c1-10(2)17-13-9-15-12(8-16-13)14(19)18-11-6-4-3-5-7-11/h3-10H,1-2H3,(H,16,17)(H,18,19). The van der Waals surface area contributed by atoms with E-state index in [-0.39, 0.29) is 17.6 Å². The number of carbonyl (C=O) groups is 1. The molecule has 0 spiro atoms. The van der Waals surface area contributed by atoms with Gasteiger partial charge in [0, 0.05) is 11.7 Å². The molecule has 1 heterocycles. The lowest BCUT2D eigenvalue weighted by Crippen LogP contribution is -2.16. The maximum Gasteiger partial charge on any atom is 0.275 e. The summed E-state index contributed by atoms with van der Waals surface area (Å²) in [5, 5.41) is 5.87. The molecule has 1 aromatic carbocycles. The maximum absolute atomic E-state index is 11.9. The molecule has 0 bridgehead atoms. The Morgan fingerprint density at radius 2 is 1.84 bits per heavy atom. The molecular weight excluding hydrogens is 240 g/mol. The predicted octanol–water partition coefficient (Wildman–Crippen LogP) is 2.55. The summed E-state index contributed by atoms with van der Waals surface area (Å²) in [6, 6.07) is 9.52. The lowest BCUT2D eigenvalue weighted by Gasteiger charge is -2.08. The van der Waals surface area contributed by atoms with Crippen molar-refractivity contribution in [1.82, 2.24) is 9.97 Å². The van der Waals surface area contributed by atoms with Crippen molar-refractivity contribution in [2.75, 3.05) is 10.6 Å². The van der Waals surface area contributed by atoms with E-state index >= 15 is 0 Å². The zero-order valence-electron chi connectivity index (χ0n) is 10.9. The molecule has 0 aliphatic heterocycles. The number of benzene rings is 1. The molecule has 98 valence electrons. The highest BCUT2D eigenvalue weighted by molar-refractivity contribution is 6.02. The number of rotatable bonds is 4. The van der Waals surface area contributed by atoms with Crippen LogP contribution < -0.4 is 10.6 Å². The van der Waals surface area contributed by atoms with Crippen LogP contribution in [-0.4, -0.2) is 21.9 Å². The van der Waals surface area contributed by atoms with Crippen molar-refractivity contribution >= 4 is 17.4 Å². The van der Waals surface area contributed by atoms with Gasteiger partial charge in [-0.25, -0.2) is 9.97 Å². The third-order valence-electron chi connectivity index (χ3n) is 2.35. The molecule has 1 aromatic heterocycles. The lowest BCUT2D eigenvalue weighted by atomic mass is 10.3. The first-order valence-electron chi connectivity index (χ1n) is 6.10. The average Bonchev–Trinajstić information content (AvgIpc) is 2.40. The summed E-state index contributed by atoms with van der Waals surface area (Å²) in [6.45, 7) is 4.02. The second-order valence-electron chi connectivity index (χ2n) is 4.41. The fraction of sp³-hybridized carbons (Fsp3) is 0.214. The smallest absolute Gasteiger partial charge is 0.275 e. The van der Waals surface area contributed by atoms with Crippen LogP contribution >= 0.6 is 0 Å². The number of para-hydroxylation sites is 1. The van der Waals surface area contributed by atoms with Crippen LogP contribution in [0.2, 0.25) is 0 Å². The van der Waals surface area contributed by atoms with Crippen LogP contribution in [0.25, 0.3) is 0 Å². The molecule has 0 aliphatic carbocycles. The van der Waals surface area contributed by atoms with E-state index in [9.17, 15) is 4.79 Å². The Balaban J connectivity index is 2.04. The molecule has 2 N–H and O–H groups in total. The second-order valence-corrected chi connectivity index (χ2v) is 4.41. The van der Waals surface area contributed by atoms with E-state index in [1.807, 2.05) is 44.2 Å². The van der Waals surface area contributed by atoms with Crippen LogP contribution in [-0.2, 0) is 0 Å². The fourth-order valence-corrected chi connectivity index (χ4v) is 1.53. The van der Waals surface area contributed by atoms with Gasteiger partial charge in [0.25, 0.3) is 5.91 Å². The van der Waals surface area contributed by atoms with E-state index in [1.165, 1.54) is 6.20 Å². The Bertz CT molecular complexity index is 537. The third kappa shape index (κ3) is 3.77. The van der Waals surface area contributed by atoms with Crippen molar-refractivity contribution in [3.8, 4) is 0 Å². The normalized spacial score (nSPS) is 10.3. The molecule has 0 fully saturated rings. The van der Waals surface area contributed by atoms with Crippen LogP contribution in [0, 0.1) is 0 Å². The molecular formula is C14H16N4O. The van der Waals surface area contributed by atoms with Gasteiger partial charge in [-0.1, -0.05) is 18.2 Å². The number of nitrogens with zero attached hydrogens (tertiary/aromatic N) is 2. The van der Waals surface area contributed by atoms with Gasteiger partial charge < -0.3 is 10.6 Å². The summed E-state index contributed by atoms with van der Waals surface area (Å²) in [5.74, 6) is 0.390. The maximum atomic E-state index is 11.9. The van der Waals surface area contributed by atoms with Gasteiger partial charge in [-0.15, -0.1) is 0 Å². The molecule has 5 nitrogen and oxygen atoms in total. The van der Waals surface area contributed by atoms with Gasteiger partial charge >= 0.3 is 0 Å². The summed E-state index contributed by atoms with van der Waals surface area (Å²) in [4.78, 5) is 20.2. The van der Waals surface area contributed by atoms with E-state index in [2.05, 4.69) is 20.6 Å². The number of anilines is 2. The molecule has 0 saturated heterocycles. The Labute approximate surface area is 112 Å². The number of hydrogen-bond acceptors (Lipinski definition) is 4. The third-order valence-corrected chi connectivity index (χ3v) is 2.35. The van der Waals surface area contributed by atoms with E-state index in [1.54, 1.807) is 6.20 Å². The summed E-state index contributed by atoms with van der Waals surface area (Å²) in [7, 11) is 0. The zero-order chi connectivity index (χ0) is 13.7. The average molecular weight is 256 g/mol. The van der Waals surface area contributed by atoms with E-state index in [0.29, 0.717) is 5.82 Å². The minimum Gasteiger partial charge on any atom is -0.367 e. The van der Waals surface area contributed by atoms with E-state index < -0.39 is 0 Å².